The van der Waals surface area contributed by atoms with Crippen molar-refractivity contribution in [3.8, 4) is 0 Å². The van der Waals surface area contributed by atoms with E-state index in [2.05, 4.69) is 22.5 Å². The average molecular weight is 355 g/mol. The minimum atomic E-state index is -0.418. The lowest BCUT2D eigenvalue weighted by Gasteiger charge is -2.23. The number of fused-ring (bicyclic) bond motifs is 1. The van der Waals surface area contributed by atoms with Crippen molar-refractivity contribution in [3.63, 3.8) is 0 Å². The van der Waals surface area contributed by atoms with E-state index in [1.807, 2.05) is 24.3 Å². The highest BCUT2D eigenvalue weighted by atomic mass is 19.1. The normalized spacial score (nSPS) is 14.3. The summed E-state index contributed by atoms with van der Waals surface area (Å²) in [4.78, 5) is 14.2. The fraction of sp³-hybridized carbons (Fsp3) is 0.250. The number of rotatable bonds is 7. The summed E-state index contributed by atoms with van der Waals surface area (Å²) in [7, 11) is 1.67. The molecular weight excluding hydrogens is 333 g/mol. The number of anilines is 3. The van der Waals surface area contributed by atoms with Crippen LogP contribution in [0.15, 0.2) is 48.7 Å². The van der Waals surface area contributed by atoms with Gasteiger partial charge in [0.1, 0.15) is 12.5 Å². The Morgan fingerprint density at radius 3 is 2.69 bits per heavy atom. The standard InChI is InChI=1S/C20H22FN3O2/c1-3-11-24(13-26-2)15-9-7-14(8-10-15)22-12-16-19-17(21)5-4-6-18(19)23-20(16)25/h4-10,12,22H,3,11,13H2,1-2H3,(H,23,25)/b16-12+. The lowest BCUT2D eigenvalue weighted by atomic mass is 10.1. The third-order valence-corrected chi connectivity index (χ3v) is 4.17. The first kappa shape index (κ1) is 17.9. The van der Waals surface area contributed by atoms with E-state index >= 15 is 0 Å². The van der Waals surface area contributed by atoms with Gasteiger partial charge in [0.25, 0.3) is 5.91 Å². The predicted molar refractivity (Wildman–Crippen MR) is 103 cm³/mol. The molecule has 26 heavy (non-hydrogen) atoms. The number of amides is 1. The Bertz CT molecular complexity index is 812. The van der Waals surface area contributed by atoms with Gasteiger partial charge in [-0.1, -0.05) is 13.0 Å². The van der Waals surface area contributed by atoms with E-state index in [0.29, 0.717) is 18.0 Å². The van der Waals surface area contributed by atoms with Gasteiger partial charge in [-0.25, -0.2) is 4.39 Å². The smallest absolute Gasteiger partial charge is 0.257 e. The zero-order chi connectivity index (χ0) is 18.5. The fourth-order valence-electron chi connectivity index (χ4n) is 2.96. The van der Waals surface area contributed by atoms with Crippen molar-refractivity contribution in [1.29, 1.82) is 0 Å². The van der Waals surface area contributed by atoms with Gasteiger partial charge < -0.3 is 20.3 Å². The van der Waals surface area contributed by atoms with Crippen LogP contribution in [0, 0.1) is 5.82 Å². The highest BCUT2D eigenvalue weighted by molar-refractivity contribution is 6.31. The van der Waals surface area contributed by atoms with Gasteiger partial charge in [0.15, 0.2) is 0 Å². The molecule has 0 atom stereocenters. The van der Waals surface area contributed by atoms with E-state index in [0.717, 1.165) is 24.3 Å². The van der Waals surface area contributed by atoms with Crippen molar-refractivity contribution < 1.29 is 13.9 Å². The van der Waals surface area contributed by atoms with E-state index in [-0.39, 0.29) is 11.5 Å². The molecule has 0 aromatic heterocycles. The highest BCUT2D eigenvalue weighted by Gasteiger charge is 2.27. The van der Waals surface area contributed by atoms with Gasteiger partial charge in [0.05, 0.1) is 11.3 Å². The van der Waals surface area contributed by atoms with Crippen molar-refractivity contribution in [3.05, 3.63) is 60.0 Å². The third-order valence-electron chi connectivity index (χ3n) is 4.17. The van der Waals surface area contributed by atoms with Crippen LogP contribution in [0.3, 0.4) is 0 Å². The molecule has 136 valence electrons. The topological polar surface area (TPSA) is 53.6 Å². The first-order chi connectivity index (χ1) is 12.6. The molecule has 0 saturated heterocycles. The lowest BCUT2D eigenvalue weighted by Crippen LogP contribution is -2.26. The molecule has 1 heterocycles. The predicted octanol–water partition coefficient (Wildman–Crippen LogP) is 4.05. The second-order valence-electron chi connectivity index (χ2n) is 6.05. The quantitative estimate of drug-likeness (QED) is 0.581. The van der Waals surface area contributed by atoms with Crippen LogP contribution in [0.1, 0.15) is 18.9 Å². The van der Waals surface area contributed by atoms with Gasteiger partial charge in [0.2, 0.25) is 0 Å². The number of methoxy groups -OCH3 is 1. The number of carbonyl (C=O) groups is 1. The highest BCUT2D eigenvalue weighted by Crippen LogP contribution is 2.33. The number of carbonyl (C=O) groups excluding carboxylic acids is 1. The van der Waals surface area contributed by atoms with E-state index in [1.165, 1.54) is 12.3 Å². The zero-order valence-corrected chi connectivity index (χ0v) is 14.9. The Labute approximate surface area is 152 Å². The van der Waals surface area contributed by atoms with Crippen molar-refractivity contribution in [2.45, 2.75) is 13.3 Å². The molecule has 5 nitrogen and oxygen atoms in total. The number of hydrogen-bond acceptors (Lipinski definition) is 4. The summed E-state index contributed by atoms with van der Waals surface area (Å²) in [6.07, 6.45) is 2.56. The summed E-state index contributed by atoms with van der Waals surface area (Å²) in [5, 5.41) is 5.74. The van der Waals surface area contributed by atoms with Crippen LogP contribution in [0.2, 0.25) is 0 Å². The van der Waals surface area contributed by atoms with Crippen LogP contribution in [-0.2, 0) is 9.53 Å². The van der Waals surface area contributed by atoms with E-state index < -0.39 is 5.82 Å². The summed E-state index contributed by atoms with van der Waals surface area (Å²) < 4.78 is 19.3. The van der Waals surface area contributed by atoms with Crippen LogP contribution in [-0.4, -0.2) is 26.3 Å². The van der Waals surface area contributed by atoms with Gasteiger partial charge >= 0.3 is 0 Å². The lowest BCUT2D eigenvalue weighted by molar-refractivity contribution is -0.110. The molecule has 0 radical (unpaired) electrons. The van der Waals surface area contributed by atoms with Crippen LogP contribution < -0.4 is 15.5 Å². The Kier molecular flexibility index (Phi) is 5.53. The van der Waals surface area contributed by atoms with Gasteiger partial charge in [0, 0.05) is 36.8 Å². The number of nitrogens with one attached hydrogen (secondary N) is 2. The van der Waals surface area contributed by atoms with Crippen molar-refractivity contribution >= 4 is 28.5 Å². The second kappa shape index (κ2) is 8.01. The van der Waals surface area contributed by atoms with Gasteiger partial charge in [-0.05, 0) is 42.8 Å². The van der Waals surface area contributed by atoms with Gasteiger partial charge in [-0.3, -0.25) is 4.79 Å². The van der Waals surface area contributed by atoms with Gasteiger partial charge in [-0.2, -0.15) is 0 Å². The Morgan fingerprint density at radius 1 is 1.23 bits per heavy atom. The van der Waals surface area contributed by atoms with Crippen LogP contribution in [0.4, 0.5) is 21.5 Å². The summed E-state index contributed by atoms with van der Waals surface area (Å²) >= 11 is 0. The molecule has 3 rings (SSSR count). The molecule has 0 aliphatic carbocycles. The fourth-order valence-corrected chi connectivity index (χ4v) is 2.96. The van der Waals surface area contributed by atoms with Crippen molar-refractivity contribution in [2.24, 2.45) is 0 Å². The molecule has 1 amide bonds. The minimum Gasteiger partial charge on any atom is -0.364 e. The first-order valence-electron chi connectivity index (χ1n) is 8.55. The summed E-state index contributed by atoms with van der Waals surface area (Å²) in [5.41, 5.74) is 2.95. The molecule has 2 N–H and O–H groups in total. The van der Waals surface area contributed by atoms with E-state index in [9.17, 15) is 9.18 Å². The minimum absolute atomic E-state index is 0.286. The maximum atomic E-state index is 14.0. The molecule has 1 aliphatic rings. The van der Waals surface area contributed by atoms with Crippen LogP contribution >= 0.6 is 0 Å². The maximum absolute atomic E-state index is 14.0. The summed E-state index contributed by atoms with van der Waals surface area (Å²) in [6.45, 7) is 3.55. The third kappa shape index (κ3) is 3.70. The summed E-state index contributed by atoms with van der Waals surface area (Å²) in [5.74, 6) is -0.734. The van der Waals surface area contributed by atoms with Crippen LogP contribution in [0.25, 0.3) is 5.57 Å². The molecule has 2 aromatic carbocycles. The average Bonchev–Trinajstić information content (AvgIpc) is 2.97. The monoisotopic (exact) mass is 355 g/mol. The molecule has 6 heteroatoms. The Hall–Kier alpha value is -2.86. The van der Waals surface area contributed by atoms with E-state index in [4.69, 9.17) is 4.74 Å². The number of ether oxygens (including phenoxy) is 1. The molecule has 1 aliphatic heterocycles. The molecule has 0 saturated carbocycles. The molecular formula is C20H22FN3O2. The number of hydrogen-bond donors (Lipinski definition) is 2. The number of halogens is 1. The molecule has 0 spiro atoms. The van der Waals surface area contributed by atoms with Crippen molar-refractivity contribution in [2.75, 3.05) is 35.9 Å². The SMILES string of the molecule is CCCN(COC)c1ccc(N/C=C2/C(=O)Nc3cccc(F)c32)cc1. The molecule has 0 bridgehead atoms. The van der Waals surface area contributed by atoms with E-state index in [1.54, 1.807) is 19.2 Å². The van der Waals surface area contributed by atoms with Gasteiger partial charge in [-0.15, -0.1) is 0 Å². The molecule has 2 aromatic rings. The Balaban J connectivity index is 1.76. The Morgan fingerprint density at radius 2 is 2.00 bits per heavy atom. The molecule has 0 fully saturated rings. The van der Waals surface area contributed by atoms with Crippen molar-refractivity contribution in [1.82, 2.24) is 0 Å². The summed E-state index contributed by atoms with van der Waals surface area (Å²) in [6, 6.07) is 12.4. The number of benzene rings is 2. The molecule has 0 unspecified atom stereocenters. The zero-order valence-electron chi connectivity index (χ0n) is 14.9. The maximum Gasteiger partial charge on any atom is 0.257 e. The second-order valence-corrected chi connectivity index (χ2v) is 6.05. The number of nitrogens with zero attached hydrogens (tertiary/aromatic N) is 1. The van der Waals surface area contributed by atoms with Crippen LogP contribution in [0.5, 0.6) is 0 Å². The largest absolute Gasteiger partial charge is 0.364 e. The first-order valence-corrected chi connectivity index (χ1v) is 8.55.